The van der Waals surface area contributed by atoms with Gasteiger partial charge in [-0.1, -0.05) is 52.4 Å². The van der Waals surface area contributed by atoms with Crippen LogP contribution in [0.4, 0.5) is 0 Å². The van der Waals surface area contributed by atoms with Crippen molar-refractivity contribution >= 4 is 11.9 Å². The molecule has 2 aliphatic carbocycles. The number of esters is 1. The molecule has 0 aromatic heterocycles. The monoisotopic (exact) mass is 338 g/mol. The zero-order chi connectivity index (χ0) is 17.5. The highest BCUT2D eigenvalue weighted by atomic mass is 16.5. The van der Waals surface area contributed by atoms with Gasteiger partial charge >= 0.3 is 11.9 Å². The van der Waals surface area contributed by atoms with E-state index in [0.717, 1.165) is 51.4 Å². The first-order chi connectivity index (χ1) is 11.5. The molecule has 1 N–H and O–H groups in total. The number of carbonyl (C=O) groups is 2. The molecule has 4 nitrogen and oxygen atoms in total. The average Bonchev–Trinajstić information content (AvgIpc) is 2.58. The first kappa shape index (κ1) is 19.3. The fraction of sp³-hybridized carbons (Fsp3) is 0.900. The Morgan fingerprint density at radius 2 is 1.33 bits per heavy atom. The van der Waals surface area contributed by atoms with Crippen LogP contribution in [0.1, 0.15) is 78.1 Å². The molecule has 0 saturated heterocycles. The standard InChI is InChI=1S/C20H34O4/c1-14(2)13-24-20(23)18(16-11-7-4-8-12-16)17(19(21)22)15-9-5-3-6-10-15/h14-18H,3-13H2,1-2H3,(H,21,22). The fourth-order valence-corrected chi connectivity index (χ4v) is 4.61. The van der Waals surface area contributed by atoms with E-state index in [4.69, 9.17) is 4.74 Å². The van der Waals surface area contributed by atoms with Crippen LogP contribution < -0.4 is 0 Å². The van der Waals surface area contributed by atoms with Gasteiger partial charge in [-0.05, 0) is 43.4 Å². The van der Waals surface area contributed by atoms with Crippen LogP contribution in [-0.2, 0) is 14.3 Å². The molecule has 0 spiro atoms. The lowest BCUT2D eigenvalue weighted by molar-refractivity contribution is -0.164. The molecule has 4 heteroatoms. The molecule has 0 bridgehead atoms. The molecule has 0 heterocycles. The Morgan fingerprint density at radius 1 is 0.875 bits per heavy atom. The number of carbonyl (C=O) groups excluding carboxylic acids is 1. The summed E-state index contributed by atoms with van der Waals surface area (Å²) in [5, 5.41) is 9.95. The van der Waals surface area contributed by atoms with Gasteiger partial charge in [0, 0.05) is 0 Å². The van der Waals surface area contributed by atoms with E-state index < -0.39 is 17.8 Å². The highest BCUT2D eigenvalue weighted by Crippen LogP contribution is 2.42. The predicted octanol–water partition coefficient (Wildman–Crippen LogP) is 4.66. The Bertz CT molecular complexity index is 406. The zero-order valence-electron chi connectivity index (χ0n) is 15.3. The van der Waals surface area contributed by atoms with Gasteiger partial charge in [0.15, 0.2) is 0 Å². The van der Waals surface area contributed by atoms with Gasteiger partial charge in [-0.25, -0.2) is 0 Å². The molecule has 0 aromatic carbocycles. The number of aliphatic carboxylic acids is 1. The molecule has 2 atom stereocenters. The van der Waals surface area contributed by atoms with Gasteiger partial charge in [0.25, 0.3) is 0 Å². The third-order valence-corrected chi connectivity index (χ3v) is 5.82. The minimum absolute atomic E-state index is 0.134. The molecule has 0 aliphatic heterocycles. The van der Waals surface area contributed by atoms with Crippen LogP contribution in [0.2, 0.25) is 0 Å². The maximum atomic E-state index is 12.8. The molecule has 2 aliphatic rings. The van der Waals surface area contributed by atoms with E-state index in [1.807, 2.05) is 13.8 Å². The molecule has 0 amide bonds. The first-order valence-corrected chi connectivity index (χ1v) is 9.90. The molecule has 2 rings (SSSR count). The van der Waals surface area contributed by atoms with Crippen molar-refractivity contribution in [2.45, 2.75) is 78.1 Å². The fourth-order valence-electron chi connectivity index (χ4n) is 4.61. The summed E-state index contributed by atoms with van der Waals surface area (Å²) in [5.74, 6) is -1.47. The average molecular weight is 338 g/mol. The lowest BCUT2D eigenvalue weighted by Gasteiger charge is -2.37. The summed E-state index contributed by atoms with van der Waals surface area (Å²) in [6.07, 6.45) is 10.6. The van der Waals surface area contributed by atoms with Crippen LogP contribution in [-0.4, -0.2) is 23.7 Å². The largest absolute Gasteiger partial charge is 0.481 e. The van der Waals surface area contributed by atoms with Crippen LogP contribution in [0.3, 0.4) is 0 Å². The Labute approximate surface area is 146 Å². The van der Waals surface area contributed by atoms with Crippen LogP contribution >= 0.6 is 0 Å². The molecule has 2 saturated carbocycles. The van der Waals surface area contributed by atoms with Gasteiger partial charge in [0.2, 0.25) is 0 Å². The number of carboxylic acid groups (broad SMARTS) is 1. The van der Waals surface area contributed by atoms with Gasteiger partial charge in [0.1, 0.15) is 0 Å². The summed E-state index contributed by atoms with van der Waals surface area (Å²) in [5.41, 5.74) is 0. The van der Waals surface area contributed by atoms with E-state index >= 15 is 0 Å². The van der Waals surface area contributed by atoms with Crippen molar-refractivity contribution in [2.24, 2.45) is 29.6 Å². The summed E-state index contributed by atoms with van der Waals surface area (Å²) in [6, 6.07) is 0. The molecule has 0 aromatic rings. The van der Waals surface area contributed by atoms with E-state index in [2.05, 4.69) is 0 Å². The summed E-state index contributed by atoms with van der Waals surface area (Å²) in [4.78, 5) is 25.0. The lowest BCUT2D eigenvalue weighted by atomic mass is 9.67. The quantitative estimate of drug-likeness (QED) is 0.686. The van der Waals surface area contributed by atoms with Crippen LogP contribution in [0.25, 0.3) is 0 Å². The molecule has 0 radical (unpaired) electrons. The summed E-state index contributed by atoms with van der Waals surface area (Å²) < 4.78 is 5.54. The molecule has 24 heavy (non-hydrogen) atoms. The lowest BCUT2D eigenvalue weighted by Crippen LogP contribution is -2.42. The number of hydrogen-bond donors (Lipinski definition) is 1. The minimum atomic E-state index is -0.793. The third kappa shape index (κ3) is 5.22. The van der Waals surface area contributed by atoms with Crippen LogP contribution in [0, 0.1) is 29.6 Å². The maximum Gasteiger partial charge on any atom is 0.310 e. The van der Waals surface area contributed by atoms with Crippen molar-refractivity contribution in [2.75, 3.05) is 6.61 Å². The van der Waals surface area contributed by atoms with E-state index in [1.54, 1.807) is 0 Å². The second kappa shape index (κ2) is 9.43. The second-order valence-electron chi connectivity index (χ2n) is 8.21. The molecular formula is C20H34O4. The predicted molar refractivity (Wildman–Crippen MR) is 93.6 cm³/mol. The number of ether oxygens (including phenoxy) is 1. The molecular weight excluding hydrogens is 304 g/mol. The van der Waals surface area contributed by atoms with Crippen molar-refractivity contribution in [3.63, 3.8) is 0 Å². The van der Waals surface area contributed by atoms with Gasteiger partial charge in [-0.3, -0.25) is 9.59 Å². The normalized spacial score (nSPS) is 23.0. The van der Waals surface area contributed by atoms with E-state index in [9.17, 15) is 14.7 Å². The number of rotatable bonds is 7. The Balaban J connectivity index is 2.19. The van der Waals surface area contributed by atoms with E-state index in [1.165, 1.54) is 12.8 Å². The third-order valence-electron chi connectivity index (χ3n) is 5.82. The van der Waals surface area contributed by atoms with Gasteiger partial charge in [-0.15, -0.1) is 0 Å². The molecule has 138 valence electrons. The van der Waals surface area contributed by atoms with Crippen molar-refractivity contribution in [1.29, 1.82) is 0 Å². The van der Waals surface area contributed by atoms with Crippen molar-refractivity contribution in [1.82, 2.24) is 0 Å². The number of carboxylic acids is 1. The van der Waals surface area contributed by atoms with Crippen molar-refractivity contribution in [3.8, 4) is 0 Å². The molecule has 2 unspecified atom stereocenters. The Hall–Kier alpha value is -1.06. The van der Waals surface area contributed by atoms with Crippen LogP contribution in [0.5, 0.6) is 0 Å². The number of hydrogen-bond acceptors (Lipinski definition) is 3. The summed E-state index contributed by atoms with van der Waals surface area (Å²) >= 11 is 0. The highest BCUT2D eigenvalue weighted by molar-refractivity contribution is 5.81. The zero-order valence-corrected chi connectivity index (χ0v) is 15.3. The van der Waals surface area contributed by atoms with Gasteiger partial charge < -0.3 is 9.84 Å². The van der Waals surface area contributed by atoms with Crippen LogP contribution in [0.15, 0.2) is 0 Å². The Morgan fingerprint density at radius 3 is 1.75 bits per heavy atom. The van der Waals surface area contributed by atoms with E-state index in [0.29, 0.717) is 6.61 Å². The Kier molecular flexibility index (Phi) is 7.57. The SMILES string of the molecule is CC(C)COC(=O)C(C1CCCCC1)C(C(=O)O)C1CCCCC1. The smallest absolute Gasteiger partial charge is 0.310 e. The van der Waals surface area contributed by atoms with Gasteiger partial charge in [-0.2, -0.15) is 0 Å². The second-order valence-corrected chi connectivity index (χ2v) is 8.21. The van der Waals surface area contributed by atoms with Crippen molar-refractivity contribution < 1.29 is 19.4 Å². The van der Waals surface area contributed by atoms with Gasteiger partial charge in [0.05, 0.1) is 18.4 Å². The summed E-state index contributed by atoms with van der Waals surface area (Å²) in [7, 11) is 0. The molecule has 2 fully saturated rings. The van der Waals surface area contributed by atoms with E-state index in [-0.39, 0.29) is 23.7 Å². The first-order valence-electron chi connectivity index (χ1n) is 9.90. The summed E-state index contributed by atoms with van der Waals surface area (Å²) in [6.45, 7) is 4.41. The minimum Gasteiger partial charge on any atom is -0.481 e. The van der Waals surface area contributed by atoms with Crippen molar-refractivity contribution in [3.05, 3.63) is 0 Å². The maximum absolute atomic E-state index is 12.8. The highest BCUT2D eigenvalue weighted by Gasteiger charge is 2.44. The topological polar surface area (TPSA) is 63.6 Å².